The van der Waals surface area contributed by atoms with E-state index in [1.54, 1.807) is 18.2 Å². The largest absolute Gasteiger partial charge is 0.323 e. The Morgan fingerprint density at radius 1 is 1.14 bits per heavy atom. The third kappa shape index (κ3) is 3.91. The second kappa shape index (κ2) is 5.60. The summed E-state index contributed by atoms with van der Waals surface area (Å²) >= 11 is 0. The molecule has 0 bridgehead atoms. The summed E-state index contributed by atoms with van der Waals surface area (Å²) in [6, 6.07) is 6.34. The molecule has 10 heteroatoms. The van der Waals surface area contributed by atoms with Crippen LogP contribution in [0.4, 0.5) is 15.3 Å². The van der Waals surface area contributed by atoms with Crippen molar-refractivity contribution in [3.63, 3.8) is 0 Å². The zero-order chi connectivity index (χ0) is 15.7. The van der Waals surface area contributed by atoms with E-state index in [-0.39, 0.29) is 13.0 Å². The number of benzene rings is 1. The maximum Gasteiger partial charge on any atom is 0.302 e. The van der Waals surface area contributed by atoms with Gasteiger partial charge in [-0.25, -0.2) is 8.42 Å². The minimum atomic E-state index is -4.71. The molecule has 2 rings (SSSR count). The number of rotatable bonds is 5. The summed E-state index contributed by atoms with van der Waals surface area (Å²) in [5.74, 6) is -1.92. The molecule has 1 aromatic carbocycles. The molecule has 21 heavy (non-hydrogen) atoms. The number of hydrogen-bond acceptors (Lipinski definition) is 5. The van der Waals surface area contributed by atoms with Crippen molar-refractivity contribution in [2.45, 2.75) is 6.42 Å². The number of amides is 1. The first kappa shape index (κ1) is 15.7. The van der Waals surface area contributed by atoms with Crippen LogP contribution >= 0.6 is 0 Å². The van der Waals surface area contributed by atoms with Gasteiger partial charge in [0.1, 0.15) is 6.54 Å². The quantitative estimate of drug-likeness (QED) is 0.788. The van der Waals surface area contributed by atoms with Gasteiger partial charge in [0.05, 0.1) is 22.9 Å². The Labute approximate surface area is 122 Å². The molecule has 0 saturated heterocycles. The molecular formula is C11H13FN2O5S2. The monoisotopic (exact) mass is 336 g/mol. The molecule has 1 amide bonds. The van der Waals surface area contributed by atoms with Crippen molar-refractivity contribution in [3.05, 3.63) is 24.3 Å². The minimum Gasteiger partial charge on any atom is -0.323 e. The fourth-order valence-electron chi connectivity index (χ4n) is 1.97. The Kier molecular flexibility index (Phi) is 4.19. The predicted octanol–water partition coefficient (Wildman–Crippen LogP) is 0.464. The lowest BCUT2D eigenvalue weighted by Crippen LogP contribution is -2.43. The first-order chi connectivity index (χ1) is 9.69. The molecular weight excluding hydrogens is 323 g/mol. The zero-order valence-corrected chi connectivity index (χ0v) is 12.5. The van der Waals surface area contributed by atoms with Crippen molar-refractivity contribution in [3.8, 4) is 0 Å². The molecule has 0 saturated carbocycles. The molecule has 0 aromatic heterocycles. The molecule has 1 aliphatic rings. The van der Waals surface area contributed by atoms with Gasteiger partial charge in [-0.15, -0.1) is 3.89 Å². The molecule has 7 nitrogen and oxygen atoms in total. The number of carbonyl (C=O) groups is 1. The third-order valence-electron chi connectivity index (χ3n) is 2.86. The normalized spacial score (nSPS) is 15.5. The second-order valence-electron chi connectivity index (χ2n) is 4.48. The van der Waals surface area contributed by atoms with Crippen molar-refractivity contribution in [2.75, 3.05) is 27.7 Å². The van der Waals surface area contributed by atoms with Gasteiger partial charge in [-0.2, -0.15) is 8.42 Å². The van der Waals surface area contributed by atoms with Gasteiger partial charge in [0.2, 0.25) is 15.9 Å². The molecule has 0 fully saturated rings. The molecule has 0 unspecified atom stereocenters. The van der Waals surface area contributed by atoms with Crippen LogP contribution < -0.4 is 9.62 Å². The van der Waals surface area contributed by atoms with Gasteiger partial charge in [-0.1, -0.05) is 12.1 Å². The molecule has 1 heterocycles. The number of fused-ring (bicyclic) bond motifs is 1. The van der Waals surface area contributed by atoms with Crippen molar-refractivity contribution < 1.29 is 25.5 Å². The van der Waals surface area contributed by atoms with Crippen LogP contribution in [0.2, 0.25) is 0 Å². The number of para-hydroxylation sites is 2. The van der Waals surface area contributed by atoms with Crippen LogP contribution in [-0.4, -0.2) is 40.8 Å². The Morgan fingerprint density at radius 3 is 2.48 bits per heavy atom. The Bertz CT molecular complexity index is 761. The molecule has 0 radical (unpaired) electrons. The average molecular weight is 336 g/mol. The van der Waals surface area contributed by atoms with Crippen LogP contribution in [0.15, 0.2) is 24.3 Å². The van der Waals surface area contributed by atoms with E-state index >= 15 is 0 Å². The number of hydrogen-bond donors (Lipinski definition) is 1. The number of nitrogens with zero attached hydrogens (tertiary/aromatic N) is 1. The van der Waals surface area contributed by atoms with E-state index in [4.69, 9.17) is 0 Å². The third-order valence-corrected chi connectivity index (χ3v) is 5.44. The highest BCUT2D eigenvalue weighted by Gasteiger charge is 2.30. The SMILES string of the molecule is O=C1CN(S(=O)(=O)CCCS(=O)(=O)F)c2ccccc2N1. The minimum absolute atomic E-state index is 0.306. The molecule has 0 aliphatic carbocycles. The van der Waals surface area contributed by atoms with Crippen molar-refractivity contribution in [2.24, 2.45) is 0 Å². The predicted molar refractivity (Wildman–Crippen MR) is 75.7 cm³/mol. The summed E-state index contributed by atoms with van der Waals surface area (Å²) < 4.78 is 58.5. The topological polar surface area (TPSA) is 101 Å². The highest BCUT2D eigenvalue weighted by Crippen LogP contribution is 2.31. The number of anilines is 2. The maximum absolute atomic E-state index is 12.4. The van der Waals surface area contributed by atoms with E-state index < -0.39 is 37.7 Å². The maximum atomic E-state index is 12.4. The number of halogens is 1. The van der Waals surface area contributed by atoms with Crippen LogP contribution in [0.5, 0.6) is 0 Å². The van der Waals surface area contributed by atoms with E-state index in [2.05, 4.69) is 5.32 Å². The fourth-order valence-corrected chi connectivity index (χ4v) is 4.15. The molecule has 116 valence electrons. The summed E-state index contributed by atoms with van der Waals surface area (Å²) in [7, 11) is -8.62. The van der Waals surface area contributed by atoms with Gasteiger partial charge in [0.25, 0.3) is 0 Å². The van der Waals surface area contributed by atoms with E-state index in [0.717, 1.165) is 4.31 Å². The van der Waals surface area contributed by atoms with Crippen LogP contribution in [-0.2, 0) is 25.0 Å². The number of carbonyl (C=O) groups excluding carboxylic acids is 1. The summed E-state index contributed by atoms with van der Waals surface area (Å²) in [5.41, 5.74) is 0.663. The molecule has 1 aliphatic heterocycles. The van der Waals surface area contributed by atoms with Gasteiger partial charge in [-0.3, -0.25) is 9.10 Å². The molecule has 1 aromatic rings. The lowest BCUT2D eigenvalue weighted by Gasteiger charge is -2.29. The zero-order valence-electron chi connectivity index (χ0n) is 10.8. The standard InChI is InChI=1S/C11H13FN2O5S2/c12-20(16,17)6-3-7-21(18,19)14-8-11(15)13-9-4-1-2-5-10(9)14/h1-2,4-5H,3,6-8H2,(H,13,15). The summed E-state index contributed by atoms with van der Waals surface area (Å²) in [5, 5.41) is 2.54. The summed E-state index contributed by atoms with van der Waals surface area (Å²) in [4.78, 5) is 11.5. The van der Waals surface area contributed by atoms with Crippen LogP contribution in [0, 0.1) is 0 Å². The molecule has 0 atom stereocenters. The first-order valence-electron chi connectivity index (χ1n) is 6.01. The van der Waals surface area contributed by atoms with Crippen molar-refractivity contribution in [1.82, 2.24) is 0 Å². The van der Waals surface area contributed by atoms with Gasteiger partial charge in [-0.05, 0) is 18.6 Å². The van der Waals surface area contributed by atoms with Gasteiger partial charge in [0.15, 0.2) is 0 Å². The lowest BCUT2D eigenvalue weighted by atomic mass is 10.2. The molecule has 1 N–H and O–H groups in total. The van der Waals surface area contributed by atoms with E-state index in [0.29, 0.717) is 11.4 Å². The van der Waals surface area contributed by atoms with Gasteiger partial charge < -0.3 is 5.32 Å². The van der Waals surface area contributed by atoms with E-state index in [1.165, 1.54) is 6.07 Å². The van der Waals surface area contributed by atoms with E-state index in [1.807, 2.05) is 0 Å². The number of sulfonamides is 1. The van der Waals surface area contributed by atoms with Gasteiger partial charge >= 0.3 is 10.2 Å². The average Bonchev–Trinajstić information content (AvgIpc) is 2.35. The van der Waals surface area contributed by atoms with Crippen LogP contribution in [0.1, 0.15) is 6.42 Å². The lowest BCUT2D eigenvalue weighted by molar-refractivity contribution is -0.115. The Hall–Kier alpha value is -1.68. The number of nitrogens with one attached hydrogen (secondary N) is 1. The van der Waals surface area contributed by atoms with Gasteiger partial charge in [0, 0.05) is 0 Å². The Morgan fingerprint density at radius 2 is 1.81 bits per heavy atom. The van der Waals surface area contributed by atoms with E-state index in [9.17, 15) is 25.5 Å². The highest BCUT2D eigenvalue weighted by atomic mass is 32.3. The van der Waals surface area contributed by atoms with Crippen LogP contribution in [0.3, 0.4) is 0 Å². The second-order valence-corrected chi connectivity index (χ2v) is 7.98. The molecule has 0 spiro atoms. The Balaban J connectivity index is 2.22. The van der Waals surface area contributed by atoms with Crippen molar-refractivity contribution in [1.29, 1.82) is 0 Å². The van der Waals surface area contributed by atoms with Crippen LogP contribution in [0.25, 0.3) is 0 Å². The fraction of sp³-hybridized carbons (Fsp3) is 0.364. The summed E-state index contributed by atoms with van der Waals surface area (Å²) in [6.45, 7) is -0.387. The summed E-state index contributed by atoms with van der Waals surface area (Å²) in [6.07, 6.45) is -0.374. The smallest absolute Gasteiger partial charge is 0.302 e. The van der Waals surface area contributed by atoms with Crippen molar-refractivity contribution >= 4 is 37.5 Å². The highest BCUT2D eigenvalue weighted by molar-refractivity contribution is 7.92. The first-order valence-corrected chi connectivity index (χ1v) is 9.17.